The van der Waals surface area contributed by atoms with Crippen LogP contribution in [-0.2, 0) is 4.79 Å². The summed E-state index contributed by atoms with van der Waals surface area (Å²) < 4.78 is 0.203. The van der Waals surface area contributed by atoms with Crippen molar-refractivity contribution in [1.29, 1.82) is 0 Å². The number of nitrogens with two attached hydrogens (primary N) is 1. The molecule has 1 amide bonds. The van der Waals surface area contributed by atoms with Crippen LogP contribution in [0.2, 0.25) is 0 Å². The van der Waals surface area contributed by atoms with Crippen LogP contribution in [0.5, 0.6) is 0 Å². The minimum atomic E-state index is -1.83. The molecule has 2 aliphatic heterocycles. The van der Waals surface area contributed by atoms with Gasteiger partial charge in [-0.2, -0.15) is 0 Å². The van der Waals surface area contributed by atoms with Crippen LogP contribution in [0, 0.1) is 0 Å². The third kappa shape index (κ3) is 2.54. The van der Waals surface area contributed by atoms with E-state index in [1.165, 1.54) is 0 Å². The van der Waals surface area contributed by atoms with E-state index in [9.17, 15) is 4.79 Å². The summed E-state index contributed by atoms with van der Waals surface area (Å²) in [6.45, 7) is 5.15. The predicted octanol–water partition coefficient (Wildman–Crippen LogP) is 0.230. The molecule has 6 nitrogen and oxygen atoms in total. The SMILES string of the molecule is CC1(C)CN2C(=O)C(N)C2S1.O=C(O)O. The van der Waals surface area contributed by atoms with Gasteiger partial charge in [-0.05, 0) is 13.8 Å². The summed E-state index contributed by atoms with van der Waals surface area (Å²) in [5.41, 5.74) is 5.62. The normalized spacial score (nSPS) is 31.1. The summed E-state index contributed by atoms with van der Waals surface area (Å²) >= 11 is 1.81. The molecule has 0 aliphatic carbocycles. The van der Waals surface area contributed by atoms with Crippen molar-refractivity contribution in [2.45, 2.75) is 30.0 Å². The van der Waals surface area contributed by atoms with E-state index in [1.807, 2.05) is 16.7 Å². The number of hydrogen-bond acceptors (Lipinski definition) is 4. The van der Waals surface area contributed by atoms with Gasteiger partial charge in [0.1, 0.15) is 11.4 Å². The second kappa shape index (κ2) is 3.90. The number of rotatable bonds is 0. The average Bonchev–Trinajstić information content (AvgIpc) is 2.37. The fourth-order valence-electron chi connectivity index (χ4n) is 1.63. The number of carboxylic acid groups (broad SMARTS) is 2. The van der Waals surface area contributed by atoms with Crippen molar-refractivity contribution < 1.29 is 19.8 Å². The lowest BCUT2D eigenvalue weighted by Crippen LogP contribution is -2.64. The number of fused-ring (bicyclic) bond motifs is 1. The molecule has 2 saturated heterocycles. The summed E-state index contributed by atoms with van der Waals surface area (Å²) in [5, 5.41) is 14.2. The lowest BCUT2D eigenvalue weighted by atomic mass is 10.1. The first-order valence-corrected chi connectivity index (χ1v) is 5.28. The lowest BCUT2D eigenvalue weighted by molar-refractivity contribution is -0.143. The molecular weight excluding hydrogens is 220 g/mol. The topological polar surface area (TPSA) is 104 Å². The number of thioether (sulfide) groups is 1. The highest BCUT2D eigenvalue weighted by molar-refractivity contribution is 8.01. The van der Waals surface area contributed by atoms with E-state index in [0.717, 1.165) is 6.54 Å². The number of β-lactam (4-membered cyclic amide) rings is 1. The van der Waals surface area contributed by atoms with Gasteiger partial charge in [0.2, 0.25) is 5.91 Å². The summed E-state index contributed by atoms with van der Waals surface area (Å²) in [4.78, 5) is 21.5. The van der Waals surface area contributed by atoms with Crippen LogP contribution in [0.4, 0.5) is 4.79 Å². The Morgan fingerprint density at radius 1 is 1.60 bits per heavy atom. The summed E-state index contributed by atoms with van der Waals surface area (Å²) in [6.07, 6.45) is -1.83. The highest BCUT2D eigenvalue weighted by Gasteiger charge is 2.54. The molecule has 2 atom stereocenters. The Balaban J connectivity index is 0.000000245. The summed E-state index contributed by atoms with van der Waals surface area (Å²) in [5.74, 6) is 0.119. The Kier molecular flexibility index (Phi) is 3.15. The number of carbonyl (C=O) groups is 2. The fraction of sp³-hybridized carbons (Fsp3) is 0.750. The van der Waals surface area contributed by atoms with Gasteiger partial charge in [-0.25, -0.2) is 4.79 Å². The van der Waals surface area contributed by atoms with Gasteiger partial charge >= 0.3 is 6.16 Å². The molecule has 0 aromatic rings. The summed E-state index contributed by atoms with van der Waals surface area (Å²) in [7, 11) is 0. The second-order valence-electron chi connectivity index (χ2n) is 4.04. The Morgan fingerprint density at radius 3 is 2.47 bits per heavy atom. The minimum absolute atomic E-state index is 0.119. The van der Waals surface area contributed by atoms with Gasteiger partial charge in [0, 0.05) is 11.3 Å². The first-order valence-electron chi connectivity index (χ1n) is 4.40. The first kappa shape index (κ1) is 12.1. The van der Waals surface area contributed by atoms with E-state index in [0.29, 0.717) is 0 Å². The Bertz CT molecular complexity index is 290. The number of hydrogen-bond donors (Lipinski definition) is 3. The monoisotopic (exact) mass is 234 g/mol. The van der Waals surface area contributed by atoms with Crippen molar-refractivity contribution in [3.8, 4) is 0 Å². The Labute approximate surface area is 91.4 Å². The molecule has 7 heteroatoms. The molecular formula is C8H14N2O4S. The quantitative estimate of drug-likeness (QED) is 0.518. The first-order chi connectivity index (χ1) is 6.74. The maximum Gasteiger partial charge on any atom is 0.503 e. The smallest absolute Gasteiger partial charge is 0.450 e. The summed E-state index contributed by atoms with van der Waals surface area (Å²) in [6, 6.07) is -0.234. The maximum atomic E-state index is 11.1. The average molecular weight is 234 g/mol. The van der Waals surface area contributed by atoms with Gasteiger partial charge < -0.3 is 20.8 Å². The molecule has 2 rings (SSSR count). The maximum absolute atomic E-state index is 11.1. The van der Waals surface area contributed by atoms with Gasteiger partial charge in [0.05, 0.1) is 0 Å². The fourth-order valence-corrected chi connectivity index (χ4v) is 3.07. The minimum Gasteiger partial charge on any atom is -0.450 e. The Morgan fingerprint density at radius 2 is 2.07 bits per heavy atom. The number of carbonyl (C=O) groups excluding carboxylic acids is 1. The standard InChI is InChI=1S/C7H12N2OS.CH2O3/c1-7(2)3-9-5(10)4(8)6(9)11-7;2-1(3)4/h4,6H,3,8H2,1-2H3;(H2,2,3,4). The van der Waals surface area contributed by atoms with Crippen LogP contribution in [0.3, 0.4) is 0 Å². The van der Waals surface area contributed by atoms with Gasteiger partial charge in [-0.15, -0.1) is 11.8 Å². The number of nitrogens with zero attached hydrogens (tertiary/aromatic N) is 1. The Hall–Kier alpha value is -0.950. The van der Waals surface area contributed by atoms with Crippen molar-refractivity contribution in [2.24, 2.45) is 5.73 Å². The van der Waals surface area contributed by atoms with Crippen LogP contribution in [-0.4, -0.2) is 49.9 Å². The second-order valence-corrected chi connectivity index (χ2v) is 5.87. The van der Waals surface area contributed by atoms with Crippen molar-refractivity contribution in [1.82, 2.24) is 4.90 Å². The van der Waals surface area contributed by atoms with E-state index in [2.05, 4.69) is 13.8 Å². The van der Waals surface area contributed by atoms with Gasteiger partial charge in [-0.3, -0.25) is 4.79 Å². The predicted molar refractivity (Wildman–Crippen MR) is 55.8 cm³/mol. The van der Waals surface area contributed by atoms with Crippen molar-refractivity contribution in [3.63, 3.8) is 0 Å². The molecule has 86 valence electrons. The van der Waals surface area contributed by atoms with E-state index >= 15 is 0 Å². The van der Waals surface area contributed by atoms with Crippen molar-refractivity contribution in [2.75, 3.05) is 6.54 Å². The van der Waals surface area contributed by atoms with Crippen molar-refractivity contribution >= 4 is 23.8 Å². The molecule has 2 heterocycles. The third-order valence-electron chi connectivity index (χ3n) is 2.17. The zero-order chi connectivity index (χ0) is 11.8. The zero-order valence-electron chi connectivity index (χ0n) is 8.51. The number of amides is 1. The van der Waals surface area contributed by atoms with E-state index in [1.54, 1.807) is 0 Å². The molecule has 2 unspecified atom stereocenters. The molecule has 0 radical (unpaired) electrons. The van der Waals surface area contributed by atoms with Crippen LogP contribution < -0.4 is 5.73 Å². The largest absolute Gasteiger partial charge is 0.503 e. The molecule has 0 saturated carbocycles. The molecule has 0 spiro atoms. The van der Waals surface area contributed by atoms with E-state index in [4.69, 9.17) is 20.7 Å². The van der Waals surface area contributed by atoms with Crippen LogP contribution in [0.15, 0.2) is 0 Å². The highest BCUT2D eigenvalue weighted by Crippen LogP contribution is 2.45. The molecule has 2 fully saturated rings. The van der Waals surface area contributed by atoms with Gasteiger partial charge in [-0.1, -0.05) is 0 Å². The van der Waals surface area contributed by atoms with Gasteiger partial charge in [0.25, 0.3) is 0 Å². The zero-order valence-corrected chi connectivity index (χ0v) is 9.32. The third-order valence-corrected chi connectivity index (χ3v) is 3.73. The molecule has 2 aliphatic rings. The van der Waals surface area contributed by atoms with E-state index in [-0.39, 0.29) is 22.1 Å². The molecule has 4 N–H and O–H groups in total. The molecule has 0 aromatic carbocycles. The lowest BCUT2D eigenvalue weighted by Gasteiger charge is -2.38. The molecule has 0 bridgehead atoms. The highest BCUT2D eigenvalue weighted by atomic mass is 32.2. The van der Waals surface area contributed by atoms with Crippen LogP contribution >= 0.6 is 11.8 Å². The van der Waals surface area contributed by atoms with Crippen LogP contribution in [0.25, 0.3) is 0 Å². The van der Waals surface area contributed by atoms with E-state index < -0.39 is 6.16 Å². The van der Waals surface area contributed by atoms with Crippen LogP contribution in [0.1, 0.15) is 13.8 Å². The molecule has 15 heavy (non-hydrogen) atoms. The van der Waals surface area contributed by atoms with Crippen molar-refractivity contribution in [3.05, 3.63) is 0 Å². The molecule has 0 aromatic heterocycles. The van der Waals surface area contributed by atoms with Gasteiger partial charge in [0.15, 0.2) is 0 Å².